The minimum Gasteiger partial charge on any atom is -1.00 e. The van der Waals surface area contributed by atoms with E-state index >= 15 is 0 Å². The maximum atomic E-state index is 13.5. The molecule has 7 fully saturated rings. The van der Waals surface area contributed by atoms with Crippen LogP contribution in [0.2, 0.25) is 0 Å². The van der Waals surface area contributed by atoms with Crippen LogP contribution in [-0.2, 0) is 154 Å². The largest absolute Gasteiger partial charge is 1.00 e. The molecule has 7 aliphatic rings. The molecule has 0 aromatic carbocycles. The van der Waals surface area contributed by atoms with Crippen LogP contribution in [0.25, 0.3) is 0 Å². The average molecular weight is 1530 g/mol. The Bertz CT molecular complexity index is 2280. The number of rotatable bonds is 24. The van der Waals surface area contributed by atoms with Crippen molar-refractivity contribution in [2.45, 2.75) is 55.4 Å². The molecule has 532 valence electrons. The zero-order valence-corrected chi connectivity index (χ0v) is 66.2. The summed E-state index contributed by atoms with van der Waals surface area (Å²) >= 11 is 0. The predicted octanol–water partition coefficient (Wildman–Crippen LogP) is -4.86. The first-order valence-corrected chi connectivity index (χ1v) is 44.1. The number of carbonyl (C=O) groups is 8. The van der Waals surface area contributed by atoms with Crippen LogP contribution in [0.5, 0.6) is 0 Å². The minimum atomic E-state index is -5.65. The molecule has 0 saturated carbocycles. The molecule has 0 aromatic heterocycles. The van der Waals surface area contributed by atoms with Crippen molar-refractivity contribution in [1.82, 2.24) is 0 Å². The fourth-order valence-corrected chi connectivity index (χ4v) is 51.5. The van der Waals surface area contributed by atoms with Gasteiger partial charge in [-0.15, -0.1) is 0 Å². The van der Waals surface area contributed by atoms with Crippen molar-refractivity contribution in [1.29, 1.82) is 0 Å². The summed E-state index contributed by atoms with van der Waals surface area (Å²) in [4.78, 5) is 108. The van der Waals surface area contributed by atoms with Crippen molar-refractivity contribution in [2.75, 3.05) is 129 Å². The Balaban J connectivity index is 0.00000104. The Morgan fingerprint density at radius 1 is 0.229 bits per heavy atom. The van der Waals surface area contributed by atoms with Gasteiger partial charge in [-0.25, -0.2) is 38.4 Å². The summed E-state index contributed by atoms with van der Waals surface area (Å²) < 4.78 is 161. The van der Waals surface area contributed by atoms with Crippen LogP contribution in [0.4, 0.5) is 0 Å². The summed E-state index contributed by atoms with van der Waals surface area (Å²) in [5, 5.41) is 0. The third-order valence-corrected chi connectivity index (χ3v) is 45.6. The molecule has 0 aliphatic carbocycles. The Hall–Kier alpha value is -3.74. The van der Waals surface area contributed by atoms with Crippen LogP contribution in [0.1, 0.15) is 55.4 Å². The summed E-state index contributed by atoms with van der Waals surface area (Å²) in [6.45, 7) is 46.1. The second-order valence-corrected chi connectivity index (χ2v) is 44.3. The van der Waals surface area contributed by atoms with Gasteiger partial charge < -0.3 is 120 Å². The Labute approximate surface area is 605 Å². The van der Waals surface area contributed by atoms with Crippen LogP contribution in [-0.4, -0.2) is 247 Å². The number of hydrogen-bond donors (Lipinski definition) is 0. The molecule has 0 N–H and O–H groups in total. The molecule has 34 nitrogen and oxygen atoms in total. The topological polar surface area (TPSA) is 377 Å². The molecule has 0 radical (unpaired) electrons. The Kier molecular flexibility index (Phi) is 35.0. The molecule has 8 bridgehead atoms. The van der Waals surface area contributed by atoms with Crippen LogP contribution in [0, 0.1) is 0 Å². The zero-order chi connectivity index (χ0) is 69.8. The monoisotopic (exact) mass is 1530 g/mol. The van der Waals surface area contributed by atoms with E-state index in [1.165, 1.54) is 55.4 Å². The van der Waals surface area contributed by atoms with Crippen molar-refractivity contribution in [2.24, 2.45) is 0 Å². The van der Waals surface area contributed by atoms with E-state index in [0.29, 0.717) is 79.3 Å². The van der Waals surface area contributed by atoms with Gasteiger partial charge in [0.25, 0.3) is 0 Å². The standard InChI is InChI=1S/C40H56O28Si8.C12H24O6.FH.K/c1-25(2)33(41)49-17-69-57-70(18-50-34(42)26(3)4)60-73(21-53-37(45)29(9)10)62-71(58-69,19-51-35(43)27(5)6)64-75(23-55-39(47)31(13)14)65-72(59-69,20-52-36(44)28(7)8)63-74(61-70,22-54-38(46)30(11)12)67-76(66-73,68-75)24-56-40(48)32(15)16;1-2-14-5-6-16-9-10-18-12-11-17-8-7-15-4-3-13-1;;/h1,3,5,7,9,11,13,15,17-24H2,2,4,6,8,10,12,14,16H3;1-12H2;1H;/q;;;+1/p-1. The minimum absolute atomic E-state index is 0. The second kappa shape index (κ2) is 38.9. The molecule has 7 rings (SSSR count). The van der Waals surface area contributed by atoms with Gasteiger partial charge in [-0.3, -0.25) is 0 Å². The molecule has 7 aliphatic heterocycles. The van der Waals surface area contributed by atoms with Gasteiger partial charge in [0.15, 0.2) is 49.8 Å². The van der Waals surface area contributed by atoms with Crippen LogP contribution >= 0.6 is 0 Å². The van der Waals surface area contributed by atoms with Crippen molar-refractivity contribution in [3.8, 4) is 0 Å². The normalized spacial score (nSPS) is 28.8. The Morgan fingerprint density at radius 2 is 0.312 bits per heavy atom. The van der Waals surface area contributed by atoms with Crippen molar-refractivity contribution < 1.29 is 210 Å². The maximum absolute atomic E-state index is 13.5. The molecular weight excluding hydrogens is 1450 g/mol. The molecule has 7 heterocycles. The van der Waals surface area contributed by atoms with Gasteiger partial charge in [-0.05, 0) is 55.4 Å². The first kappa shape index (κ1) is 86.5. The molecule has 0 amide bonds. The van der Waals surface area contributed by atoms with Crippen LogP contribution in [0.3, 0.4) is 0 Å². The van der Waals surface area contributed by atoms with E-state index in [0.717, 1.165) is 0 Å². The quantitative estimate of drug-likeness (QED) is 0.0378. The summed E-state index contributed by atoms with van der Waals surface area (Å²) in [5.74, 6) is -8.96. The van der Waals surface area contributed by atoms with Crippen LogP contribution < -0.4 is 56.1 Å². The van der Waals surface area contributed by atoms with Gasteiger partial charge in [0.05, 0.1) is 79.3 Å². The number of esters is 8. The molecule has 0 spiro atoms. The summed E-state index contributed by atoms with van der Waals surface area (Å²) in [5.41, 5.74) is -1.61. The van der Waals surface area contributed by atoms with Crippen LogP contribution in [0.15, 0.2) is 97.2 Å². The smallest absolute Gasteiger partial charge is 1.00 e. The maximum Gasteiger partial charge on any atom is 1.00 e. The summed E-state index contributed by atoms with van der Waals surface area (Å²) in [7, 11) is -45.2. The number of ether oxygens (including phenoxy) is 14. The molecule has 0 atom stereocenters. The van der Waals surface area contributed by atoms with E-state index < -0.39 is 168 Å². The van der Waals surface area contributed by atoms with Crippen molar-refractivity contribution in [3.05, 3.63) is 97.2 Å². The van der Waals surface area contributed by atoms with Gasteiger partial charge >= 0.3 is 170 Å². The molecule has 96 heavy (non-hydrogen) atoms. The van der Waals surface area contributed by atoms with E-state index in [4.69, 9.17) is 116 Å². The van der Waals surface area contributed by atoms with Gasteiger partial charge in [0.2, 0.25) is 0 Å². The number of carbonyl (C=O) groups excluding carboxylic acids is 8. The molecule has 0 unspecified atom stereocenters. The summed E-state index contributed by atoms with van der Waals surface area (Å²) in [6.07, 6.45) is -9.59. The number of halogens is 1. The predicted molar refractivity (Wildman–Crippen MR) is 330 cm³/mol. The van der Waals surface area contributed by atoms with Gasteiger partial charge in [0.1, 0.15) is 0 Å². The second-order valence-electron chi connectivity index (χ2n) is 21.2. The van der Waals surface area contributed by atoms with Crippen molar-refractivity contribution >= 4 is 118 Å². The fraction of sp³-hybridized carbons (Fsp3) is 0.538. The fourth-order valence-electron chi connectivity index (χ4n) is 7.59. The Morgan fingerprint density at radius 3 is 0.385 bits per heavy atom. The van der Waals surface area contributed by atoms with Gasteiger partial charge in [-0.2, -0.15) is 0 Å². The van der Waals surface area contributed by atoms with E-state index in [9.17, 15) is 38.4 Å². The third-order valence-electron chi connectivity index (χ3n) is 11.8. The SMILES string of the molecule is C1COCCOCCOCCOCCOCCO1.C=C(C)C(=O)OC[Si]12O[Si]3(COC(=O)C(=C)C)O[Si]4(COC(=O)C(=C)C)O[Si](COC(=O)C(=C)C)(O1)O[Si]1(COC(=O)C(=C)C)O[Si](COC(=O)C(=C)C)(O2)O[Si](COC(=O)C(=C)C)(O3)O[Si](COC(=O)C(=C)C)(O4)O1.[F-].[K+]. The van der Waals surface area contributed by atoms with E-state index in [1.54, 1.807) is 0 Å². The average Bonchev–Trinajstić information content (AvgIpc) is 0.688. The zero-order valence-electron chi connectivity index (χ0n) is 55.1. The first-order valence-electron chi connectivity index (χ1n) is 28.6. The van der Waals surface area contributed by atoms with Crippen molar-refractivity contribution in [3.63, 3.8) is 0 Å². The molecule has 7 saturated heterocycles. The first-order chi connectivity index (χ1) is 44.1. The van der Waals surface area contributed by atoms with E-state index in [-0.39, 0.29) is 101 Å². The molecular formula is C52H80FKO34Si8. The third kappa shape index (κ3) is 26.0. The number of hydrogen-bond acceptors (Lipinski definition) is 34. The van der Waals surface area contributed by atoms with E-state index in [2.05, 4.69) is 52.6 Å². The molecule has 0 aromatic rings. The van der Waals surface area contributed by atoms with Gasteiger partial charge in [0, 0.05) is 44.6 Å². The summed E-state index contributed by atoms with van der Waals surface area (Å²) in [6, 6.07) is 0. The van der Waals surface area contributed by atoms with E-state index in [1.807, 2.05) is 0 Å². The molecule has 44 heteroatoms. The van der Waals surface area contributed by atoms with Gasteiger partial charge in [-0.1, -0.05) is 52.6 Å².